The summed E-state index contributed by atoms with van der Waals surface area (Å²) in [4.78, 5) is 16.7. The third kappa shape index (κ3) is 5.12. The van der Waals surface area contributed by atoms with Crippen LogP contribution < -0.4 is 14.2 Å². The number of fused-ring (bicyclic) bond motifs is 1. The highest BCUT2D eigenvalue weighted by Gasteiger charge is 2.35. The van der Waals surface area contributed by atoms with Crippen LogP contribution in [0, 0.1) is 5.41 Å². The molecule has 0 unspecified atom stereocenters. The first-order valence-electron chi connectivity index (χ1n) is 10.2. The van der Waals surface area contributed by atoms with Gasteiger partial charge in [0.1, 0.15) is 24.0 Å². The number of ether oxygens (including phenoxy) is 3. The van der Waals surface area contributed by atoms with Crippen molar-refractivity contribution in [3.8, 4) is 17.2 Å². The van der Waals surface area contributed by atoms with Crippen LogP contribution in [0.25, 0.3) is 6.08 Å². The molecule has 2 aliphatic rings. The molecule has 2 heterocycles. The number of nitrogens with zero attached hydrogens (tertiary/aromatic N) is 3. The largest absolute Gasteiger partial charge is 0.493 e. The van der Waals surface area contributed by atoms with E-state index >= 15 is 0 Å². The molecular weight excluding hydrogens is 508 g/mol. The first-order valence-corrected chi connectivity index (χ1v) is 11.8. The minimum atomic E-state index is -0.472. The van der Waals surface area contributed by atoms with E-state index in [1.165, 1.54) is 16.8 Å². The van der Waals surface area contributed by atoms with E-state index in [0.29, 0.717) is 46.3 Å². The number of amides is 1. The number of aliphatic imine (C=N–C) groups is 1. The lowest BCUT2D eigenvalue weighted by Crippen LogP contribution is -2.35. The van der Waals surface area contributed by atoms with Crippen LogP contribution in [0.1, 0.15) is 18.9 Å². The molecule has 0 saturated heterocycles. The standard InChI is InChI=1S/C23H21BrN4O4S/c1-3-19-27-28-21(25)16(22(29)26-23(28)33-19)11-14-12-17(24)20(18(13-14)30-2)32-10-9-31-15-7-5-4-6-8-15/h4-8,11-13,25H,3,9-10H2,1-2H3/b16-11+,25-21?. The van der Waals surface area contributed by atoms with Crippen LogP contribution in [0.3, 0.4) is 0 Å². The summed E-state index contributed by atoms with van der Waals surface area (Å²) in [7, 11) is 1.54. The zero-order valence-corrected chi connectivity index (χ0v) is 20.4. The van der Waals surface area contributed by atoms with Crippen molar-refractivity contribution in [1.82, 2.24) is 5.01 Å². The first kappa shape index (κ1) is 23.1. The van der Waals surface area contributed by atoms with E-state index in [1.54, 1.807) is 25.3 Å². The number of benzene rings is 2. The van der Waals surface area contributed by atoms with Crippen molar-refractivity contribution < 1.29 is 19.0 Å². The highest BCUT2D eigenvalue weighted by Crippen LogP contribution is 2.38. The molecule has 2 aromatic rings. The fourth-order valence-electron chi connectivity index (χ4n) is 3.12. The van der Waals surface area contributed by atoms with Crippen LogP contribution in [0.2, 0.25) is 0 Å². The van der Waals surface area contributed by atoms with E-state index in [4.69, 9.17) is 19.6 Å². The molecule has 0 fully saturated rings. The number of carbonyl (C=O) groups excluding carboxylic acids is 1. The fraction of sp³-hybridized carbons (Fsp3) is 0.217. The smallest absolute Gasteiger partial charge is 0.283 e. The van der Waals surface area contributed by atoms with E-state index in [-0.39, 0.29) is 11.4 Å². The van der Waals surface area contributed by atoms with Gasteiger partial charge in [0.2, 0.25) is 5.17 Å². The number of para-hydroxylation sites is 1. The number of hydrogen-bond donors (Lipinski definition) is 1. The summed E-state index contributed by atoms with van der Waals surface area (Å²) in [6, 6.07) is 13.0. The number of carbonyl (C=O) groups is 1. The number of hydrogen-bond acceptors (Lipinski definition) is 7. The van der Waals surface area contributed by atoms with Crippen molar-refractivity contribution >= 4 is 55.7 Å². The second kappa shape index (κ2) is 10.2. The summed E-state index contributed by atoms with van der Waals surface area (Å²) in [6.45, 7) is 2.65. The first-order chi connectivity index (χ1) is 16.0. The maximum Gasteiger partial charge on any atom is 0.283 e. The maximum atomic E-state index is 12.6. The van der Waals surface area contributed by atoms with Crippen molar-refractivity contribution in [2.75, 3.05) is 20.3 Å². The molecule has 0 atom stereocenters. The Morgan fingerprint density at radius 3 is 2.67 bits per heavy atom. The van der Waals surface area contributed by atoms with Crippen molar-refractivity contribution in [2.45, 2.75) is 13.3 Å². The predicted octanol–water partition coefficient (Wildman–Crippen LogP) is 4.94. The van der Waals surface area contributed by atoms with E-state index in [9.17, 15) is 4.79 Å². The zero-order chi connectivity index (χ0) is 23.4. The van der Waals surface area contributed by atoms with E-state index in [1.807, 2.05) is 37.3 Å². The molecule has 170 valence electrons. The van der Waals surface area contributed by atoms with Gasteiger partial charge in [-0.25, -0.2) is 0 Å². The van der Waals surface area contributed by atoms with Gasteiger partial charge in [-0.2, -0.15) is 15.1 Å². The summed E-state index contributed by atoms with van der Waals surface area (Å²) in [5.41, 5.74) is 0.809. The van der Waals surface area contributed by atoms with Gasteiger partial charge in [0, 0.05) is 0 Å². The van der Waals surface area contributed by atoms with Gasteiger partial charge in [-0.05, 0) is 70.0 Å². The van der Waals surface area contributed by atoms with Crippen molar-refractivity contribution in [2.24, 2.45) is 10.1 Å². The van der Waals surface area contributed by atoms with Gasteiger partial charge in [0.15, 0.2) is 17.3 Å². The van der Waals surface area contributed by atoms with Gasteiger partial charge in [-0.3, -0.25) is 10.2 Å². The third-order valence-corrected chi connectivity index (χ3v) is 6.35. The lowest BCUT2D eigenvalue weighted by Gasteiger charge is -2.20. The molecular formula is C23H21BrN4O4S. The topological polar surface area (TPSA) is 96.6 Å². The number of rotatable bonds is 8. The van der Waals surface area contributed by atoms with Crippen LogP contribution in [-0.2, 0) is 4.79 Å². The van der Waals surface area contributed by atoms with Gasteiger partial charge in [0.25, 0.3) is 5.91 Å². The molecule has 1 N–H and O–H groups in total. The van der Waals surface area contributed by atoms with Crippen LogP contribution in [0.15, 0.2) is 62.6 Å². The van der Waals surface area contributed by atoms with Crippen LogP contribution in [0.4, 0.5) is 0 Å². The van der Waals surface area contributed by atoms with Crippen LogP contribution >= 0.6 is 27.7 Å². The molecule has 8 nitrogen and oxygen atoms in total. The molecule has 0 saturated carbocycles. The highest BCUT2D eigenvalue weighted by atomic mass is 79.9. The van der Waals surface area contributed by atoms with Gasteiger partial charge >= 0.3 is 0 Å². The number of methoxy groups -OCH3 is 1. The Morgan fingerprint density at radius 2 is 1.94 bits per heavy atom. The molecule has 0 radical (unpaired) electrons. The van der Waals surface area contributed by atoms with Gasteiger partial charge < -0.3 is 14.2 Å². The lowest BCUT2D eigenvalue weighted by atomic mass is 10.1. The molecule has 4 rings (SSSR count). The second-order valence-electron chi connectivity index (χ2n) is 6.91. The van der Waals surface area contributed by atoms with Crippen molar-refractivity contribution in [3.63, 3.8) is 0 Å². The Morgan fingerprint density at radius 1 is 1.18 bits per heavy atom. The number of hydrazone groups is 1. The number of halogens is 1. The fourth-order valence-corrected chi connectivity index (χ4v) is 4.52. The van der Waals surface area contributed by atoms with Gasteiger partial charge in [0.05, 0.1) is 17.2 Å². The SMILES string of the molecule is CCC1=NN2C(=N)/C(=C\c3cc(Br)c(OCCOc4ccccc4)c(OC)c3)C(=O)N=C2S1. The Kier molecular flexibility index (Phi) is 7.14. The number of thioether (sulfide) groups is 1. The molecule has 0 spiro atoms. The van der Waals surface area contributed by atoms with Gasteiger partial charge in [-0.15, -0.1) is 0 Å². The van der Waals surface area contributed by atoms with E-state index in [2.05, 4.69) is 26.0 Å². The molecule has 2 aromatic carbocycles. The quantitative estimate of drug-likeness (QED) is 0.384. The van der Waals surface area contributed by atoms with E-state index in [0.717, 1.165) is 10.8 Å². The molecule has 0 aromatic heterocycles. The normalized spacial score (nSPS) is 16.5. The lowest BCUT2D eigenvalue weighted by molar-refractivity contribution is -0.114. The summed E-state index contributed by atoms with van der Waals surface area (Å²) < 4.78 is 17.7. The molecule has 33 heavy (non-hydrogen) atoms. The van der Waals surface area contributed by atoms with Crippen LogP contribution in [0.5, 0.6) is 17.2 Å². The van der Waals surface area contributed by atoms with Gasteiger partial charge in [-0.1, -0.05) is 25.1 Å². The van der Waals surface area contributed by atoms with Crippen molar-refractivity contribution in [1.29, 1.82) is 5.41 Å². The number of nitrogens with one attached hydrogen (secondary N) is 1. The average Bonchev–Trinajstić information content (AvgIpc) is 3.24. The molecule has 2 aliphatic heterocycles. The molecule has 1 amide bonds. The average molecular weight is 529 g/mol. The minimum Gasteiger partial charge on any atom is -0.493 e. The zero-order valence-electron chi connectivity index (χ0n) is 18.0. The summed E-state index contributed by atoms with van der Waals surface area (Å²) >= 11 is 4.83. The monoisotopic (exact) mass is 528 g/mol. The number of amidine groups is 2. The summed E-state index contributed by atoms with van der Waals surface area (Å²) in [6.07, 6.45) is 2.31. The molecule has 10 heteroatoms. The molecule has 0 bridgehead atoms. The molecule has 0 aliphatic carbocycles. The van der Waals surface area contributed by atoms with E-state index < -0.39 is 5.91 Å². The Bertz CT molecular complexity index is 1180. The Labute approximate surface area is 204 Å². The minimum absolute atomic E-state index is 0.00516. The summed E-state index contributed by atoms with van der Waals surface area (Å²) in [5, 5.41) is 15.4. The highest BCUT2D eigenvalue weighted by molar-refractivity contribution is 9.10. The second-order valence-corrected chi connectivity index (χ2v) is 8.81. The Balaban J connectivity index is 1.50. The predicted molar refractivity (Wildman–Crippen MR) is 133 cm³/mol. The maximum absolute atomic E-state index is 12.6. The summed E-state index contributed by atoms with van der Waals surface area (Å²) in [5.74, 6) is 1.30. The Hall–Kier alpha value is -3.11. The third-order valence-electron chi connectivity index (χ3n) is 4.70. The van der Waals surface area contributed by atoms with Crippen LogP contribution in [-0.4, -0.2) is 47.3 Å². The van der Waals surface area contributed by atoms with Crippen molar-refractivity contribution in [3.05, 3.63) is 58.1 Å².